The predicted molar refractivity (Wildman–Crippen MR) is 73.7 cm³/mol. The second-order valence-electron chi connectivity index (χ2n) is 4.34. The van der Waals surface area contributed by atoms with Crippen LogP contribution in [-0.4, -0.2) is 18.4 Å². The summed E-state index contributed by atoms with van der Waals surface area (Å²) in [5.74, 6) is 4.82. The maximum absolute atomic E-state index is 12.0. The molecule has 1 aromatic rings. The number of hydrogen-bond acceptors (Lipinski definition) is 3. The molecule has 1 aromatic carbocycles. The van der Waals surface area contributed by atoms with Crippen molar-refractivity contribution in [3.8, 4) is 11.8 Å². The van der Waals surface area contributed by atoms with Gasteiger partial charge in [-0.25, -0.2) is 4.90 Å². The van der Waals surface area contributed by atoms with Crippen molar-refractivity contribution in [2.75, 3.05) is 11.4 Å². The lowest BCUT2D eigenvalue weighted by Crippen LogP contribution is -2.30. The Labute approximate surface area is 116 Å². The monoisotopic (exact) mass is 276 g/mol. The third-order valence-corrected chi connectivity index (χ3v) is 3.13. The maximum atomic E-state index is 12.0. The van der Waals surface area contributed by atoms with Gasteiger partial charge in [0.2, 0.25) is 11.8 Å². The molecule has 1 saturated heterocycles. The molecule has 2 rings (SSSR count). The van der Waals surface area contributed by atoms with Crippen molar-refractivity contribution in [1.29, 1.82) is 0 Å². The molecule has 0 aromatic heterocycles. The molecule has 1 aliphatic heterocycles. The number of rotatable bonds is 1. The zero-order chi connectivity index (χ0) is 14.0. The van der Waals surface area contributed by atoms with Crippen LogP contribution in [0.15, 0.2) is 18.2 Å². The first-order valence-corrected chi connectivity index (χ1v) is 6.27. The number of halogens is 1. The molecule has 2 amide bonds. The summed E-state index contributed by atoms with van der Waals surface area (Å²) < 4.78 is 0. The molecule has 0 radical (unpaired) electrons. The Morgan fingerprint density at radius 3 is 2.79 bits per heavy atom. The van der Waals surface area contributed by atoms with Crippen molar-refractivity contribution in [2.24, 2.45) is 11.7 Å². The summed E-state index contributed by atoms with van der Waals surface area (Å²) in [5.41, 5.74) is 6.35. The largest absolute Gasteiger partial charge is 0.320 e. The van der Waals surface area contributed by atoms with E-state index in [0.29, 0.717) is 16.3 Å². The quantitative estimate of drug-likeness (QED) is 0.625. The summed E-state index contributed by atoms with van der Waals surface area (Å²) in [6, 6.07) is 4.93. The Kier molecular flexibility index (Phi) is 3.89. The highest BCUT2D eigenvalue weighted by molar-refractivity contribution is 6.31. The fourth-order valence-corrected chi connectivity index (χ4v) is 2.14. The molecule has 0 saturated carbocycles. The molecule has 1 fully saturated rings. The van der Waals surface area contributed by atoms with E-state index in [2.05, 4.69) is 11.8 Å². The van der Waals surface area contributed by atoms with Gasteiger partial charge in [0.1, 0.15) is 0 Å². The first kappa shape index (κ1) is 13.6. The van der Waals surface area contributed by atoms with Crippen LogP contribution in [0.4, 0.5) is 5.69 Å². The van der Waals surface area contributed by atoms with Crippen molar-refractivity contribution >= 4 is 29.1 Å². The van der Waals surface area contributed by atoms with E-state index in [1.807, 2.05) is 0 Å². The second kappa shape index (κ2) is 5.43. The van der Waals surface area contributed by atoms with Gasteiger partial charge < -0.3 is 5.73 Å². The molecule has 4 nitrogen and oxygen atoms in total. The molecule has 1 aliphatic rings. The predicted octanol–water partition coefficient (Wildman–Crippen LogP) is 1.55. The number of benzene rings is 1. The lowest BCUT2D eigenvalue weighted by atomic mass is 10.1. The van der Waals surface area contributed by atoms with Crippen LogP contribution in [0.5, 0.6) is 0 Å². The average molecular weight is 277 g/mol. The van der Waals surface area contributed by atoms with Crippen LogP contribution in [0.1, 0.15) is 18.9 Å². The third-order valence-electron chi connectivity index (χ3n) is 2.90. The molecule has 5 heteroatoms. The van der Waals surface area contributed by atoms with Gasteiger partial charge in [0.25, 0.3) is 0 Å². The first-order chi connectivity index (χ1) is 9.04. The first-order valence-electron chi connectivity index (χ1n) is 5.90. The van der Waals surface area contributed by atoms with E-state index in [1.165, 1.54) is 0 Å². The lowest BCUT2D eigenvalue weighted by molar-refractivity contribution is -0.122. The van der Waals surface area contributed by atoms with Gasteiger partial charge in [0.05, 0.1) is 12.2 Å². The van der Waals surface area contributed by atoms with Gasteiger partial charge >= 0.3 is 0 Å². The van der Waals surface area contributed by atoms with Gasteiger partial charge in [-0.15, -0.1) is 0 Å². The second-order valence-corrected chi connectivity index (χ2v) is 4.78. The van der Waals surface area contributed by atoms with E-state index in [0.717, 1.165) is 4.90 Å². The van der Waals surface area contributed by atoms with Crippen LogP contribution in [0.2, 0.25) is 5.02 Å². The topological polar surface area (TPSA) is 63.4 Å². The Bertz CT molecular complexity index is 601. The van der Waals surface area contributed by atoms with Crippen LogP contribution in [0.3, 0.4) is 0 Å². The van der Waals surface area contributed by atoms with Gasteiger partial charge in [-0.2, -0.15) is 0 Å². The van der Waals surface area contributed by atoms with Crippen LogP contribution >= 0.6 is 11.6 Å². The number of anilines is 1. The summed E-state index contributed by atoms with van der Waals surface area (Å²) in [6.07, 6.45) is 0.217. The van der Waals surface area contributed by atoms with E-state index < -0.39 is 0 Å². The van der Waals surface area contributed by atoms with E-state index in [4.69, 9.17) is 17.3 Å². The SMILES string of the molecule is CC1CC(=O)N(c2cc(Cl)ccc2C#CCN)C1=O. The Morgan fingerprint density at radius 1 is 1.47 bits per heavy atom. The standard InChI is InChI=1S/C14H13ClN2O2/c1-9-7-13(18)17(14(9)19)12-8-11(15)5-4-10(12)3-2-6-16/h4-5,8-9H,6-7,16H2,1H3. The van der Waals surface area contributed by atoms with E-state index in [-0.39, 0.29) is 30.7 Å². The number of imide groups is 1. The number of nitrogens with zero attached hydrogens (tertiary/aromatic N) is 1. The molecular formula is C14H13ClN2O2. The third kappa shape index (κ3) is 2.62. The van der Waals surface area contributed by atoms with E-state index in [9.17, 15) is 9.59 Å². The van der Waals surface area contributed by atoms with Gasteiger partial charge in [0.15, 0.2) is 0 Å². The van der Waals surface area contributed by atoms with Gasteiger partial charge in [-0.1, -0.05) is 30.4 Å². The van der Waals surface area contributed by atoms with Crippen LogP contribution in [0.25, 0.3) is 0 Å². The minimum Gasteiger partial charge on any atom is -0.320 e. The molecule has 1 heterocycles. The van der Waals surface area contributed by atoms with Crippen molar-refractivity contribution in [1.82, 2.24) is 0 Å². The van der Waals surface area contributed by atoms with Gasteiger partial charge in [-0.3, -0.25) is 9.59 Å². The van der Waals surface area contributed by atoms with Crippen LogP contribution in [-0.2, 0) is 9.59 Å². The average Bonchev–Trinajstić information content (AvgIpc) is 2.62. The minimum atomic E-state index is -0.304. The molecule has 0 aliphatic carbocycles. The maximum Gasteiger partial charge on any atom is 0.237 e. The van der Waals surface area contributed by atoms with Crippen molar-refractivity contribution in [3.63, 3.8) is 0 Å². The molecular weight excluding hydrogens is 264 g/mol. The number of nitrogens with two attached hydrogens (primary N) is 1. The van der Waals surface area contributed by atoms with Crippen molar-refractivity contribution < 1.29 is 9.59 Å². The van der Waals surface area contributed by atoms with E-state index >= 15 is 0 Å². The van der Waals surface area contributed by atoms with Crippen LogP contribution < -0.4 is 10.6 Å². The number of carbonyl (C=O) groups is 2. The smallest absolute Gasteiger partial charge is 0.237 e. The minimum absolute atomic E-state index is 0.209. The highest BCUT2D eigenvalue weighted by Gasteiger charge is 2.37. The summed E-state index contributed by atoms with van der Waals surface area (Å²) in [5, 5.41) is 0.452. The molecule has 0 bridgehead atoms. The molecule has 0 spiro atoms. The molecule has 98 valence electrons. The fraction of sp³-hybridized carbons (Fsp3) is 0.286. The summed E-state index contributed by atoms with van der Waals surface area (Å²) in [6.45, 7) is 1.94. The molecule has 1 atom stereocenters. The Hall–Kier alpha value is -1.83. The molecule has 1 unspecified atom stereocenters. The van der Waals surface area contributed by atoms with E-state index in [1.54, 1.807) is 25.1 Å². The highest BCUT2D eigenvalue weighted by atomic mass is 35.5. The van der Waals surface area contributed by atoms with Gasteiger partial charge in [0, 0.05) is 22.9 Å². The summed E-state index contributed by atoms with van der Waals surface area (Å²) in [7, 11) is 0. The lowest BCUT2D eigenvalue weighted by Gasteiger charge is -2.16. The Balaban J connectivity index is 2.51. The zero-order valence-electron chi connectivity index (χ0n) is 10.4. The number of amides is 2. The Morgan fingerprint density at radius 2 is 2.21 bits per heavy atom. The van der Waals surface area contributed by atoms with Crippen LogP contribution in [0, 0.1) is 17.8 Å². The number of hydrogen-bond donors (Lipinski definition) is 1. The normalized spacial score (nSPS) is 18.5. The highest BCUT2D eigenvalue weighted by Crippen LogP contribution is 2.30. The molecule has 2 N–H and O–H groups in total. The molecule has 19 heavy (non-hydrogen) atoms. The summed E-state index contributed by atoms with van der Waals surface area (Å²) in [4.78, 5) is 25.1. The van der Waals surface area contributed by atoms with Gasteiger partial charge in [-0.05, 0) is 18.2 Å². The zero-order valence-corrected chi connectivity index (χ0v) is 11.2. The summed E-state index contributed by atoms with van der Waals surface area (Å²) >= 11 is 5.94. The number of carbonyl (C=O) groups excluding carboxylic acids is 2. The fourth-order valence-electron chi connectivity index (χ4n) is 1.98. The van der Waals surface area contributed by atoms with Crippen molar-refractivity contribution in [3.05, 3.63) is 28.8 Å². The van der Waals surface area contributed by atoms with Crippen molar-refractivity contribution in [2.45, 2.75) is 13.3 Å².